The predicted molar refractivity (Wildman–Crippen MR) is 83.0 cm³/mol. The van der Waals surface area contributed by atoms with Gasteiger partial charge >= 0.3 is 0 Å². The van der Waals surface area contributed by atoms with Crippen molar-refractivity contribution in [2.45, 2.75) is 26.3 Å². The molecule has 19 heavy (non-hydrogen) atoms. The molecule has 2 N–H and O–H groups in total. The zero-order chi connectivity index (χ0) is 14.0. The lowest BCUT2D eigenvalue weighted by molar-refractivity contribution is 0.716. The van der Waals surface area contributed by atoms with Gasteiger partial charge in [0.15, 0.2) is 0 Å². The first-order valence-electron chi connectivity index (χ1n) is 6.24. The Hall–Kier alpha value is -1.02. The fourth-order valence-corrected chi connectivity index (χ4v) is 2.85. The molecule has 1 atom stereocenters. The number of nitrogens with two attached hydrogens (primary N) is 1. The van der Waals surface area contributed by atoms with Gasteiger partial charge in [-0.15, -0.1) is 0 Å². The van der Waals surface area contributed by atoms with Crippen LogP contribution in [0.2, 0.25) is 10.0 Å². The summed E-state index contributed by atoms with van der Waals surface area (Å²) in [6, 6.07) is 11.6. The number of rotatable bonds is 3. The van der Waals surface area contributed by atoms with Gasteiger partial charge in [-0.2, -0.15) is 0 Å². The van der Waals surface area contributed by atoms with E-state index in [9.17, 15) is 0 Å². The second-order valence-corrected chi connectivity index (χ2v) is 5.69. The van der Waals surface area contributed by atoms with Crippen LogP contribution in [0.5, 0.6) is 0 Å². The Morgan fingerprint density at radius 1 is 1.05 bits per heavy atom. The van der Waals surface area contributed by atoms with Crippen molar-refractivity contribution in [3.8, 4) is 0 Å². The molecule has 0 amide bonds. The second kappa shape index (κ2) is 5.96. The fourth-order valence-electron chi connectivity index (χ4n) is 2.30. The van der Waals surface area contributed by atoms with Crippen LogP contribution in [0.3, 0.4) is 0 Å². The summed E-state index contributed by atoms with van der Waals surface area (Å²) in [5.74, 6) is 0. The highest BCUT2D eigenvalue weighted by molar-refractivity contribution is 6.35. The predicted octanol–water partition coefficient (Wildman–Crippen LogP) is 4.85. The molecule has 2 aromatic carbocycles. The molecule has 0 aliphatic heterocycles. The molecule has 1 unspecified atom stereocenters. The lowest BCUT2D eigenvalue weighted by atomic mass is 9.93. The van der Waals surface area contributed by atoms with E-state index in [1.54, 1.807) is 6.07 Å². The third-order valence-corrected chi connectivity index (χ3v) is 3.99. The number of aryl methyl sites for hydroxylation is 2. The summed E-state index contributed by atoms with van der Waals surface area (Å²) in [5, 5.41) is 1.26. The minimum atomic E-state index is -0.121. The van der Waals surface area contributed by atoms with Crippen LogP contribution in [0.1, 0.15) is 28.3 Å². The van der Waals surface area contributed by atoms with E-state index in [1.165, 1.54) is 16.7 Å². The molecule has 0 aliphatic rings. The lowest BCUT2D eigenvalue weighted by Gasteiger charge is -2.17. The van der Waals surface area contributed by atoms with Crippen LogP contribution in [0.15, 0.2) is 36.4 Å². The quantitative estimate of drug-likeness (QED) is 0.860. The fraction of sp³-hybridized carbons (Fsp3) is 0.250. The Labute approximate surface area is 124 Å². The van der Waals surface area contributed by atoms with Crippen molar-refractivity contribution in [2.75, 3.05) is 0 Å². The summed E-state index contributed by atoms with van der Waals surface area (Å²) in [6.45, 7) is 4.22. The van der Waals surface area contributed by atoms with Crippen LogP contribution < -0.4 is 5.73 Å². The maximum atomic E-state index is 6.29. The highest BCUT2D eigenvalue weighted by atomic mass is 35.5. The average Bonchev–Trinajstić information content (AvgIpc) is 2.33. The number of hydrogen-bond acceptors (Lipinski definition) is 1. The van der Waals surface area contributed by atoms with Crippen molar-refractivity contribution in [1.82, 2.24) is 0 Å². The van der Waals surface area contributed by atoms with E-state index in [2.05, 4.69) is 32.0 Å². The molecular formula is C16H17Cl2N. The normalized spacial score (nSPS) is 12.5. The lowest BCUT2D eigenvalue weighted by Crippen LogP contribution is -2.15. The first-order chi connectivity index (χ1) is 8.99. The third kappa shape index (κ3) is 3.30. The largest absolute Gasteiger partial charge is 0.324 e. The van der Waals surface area contributed by atoms with Gasteiger partial charge in [-0.1, -0.05) is 47.5 Å². The van der Waals surface area contributed by atoms with Crippen molar-refractivity contribution in [3.05, 3.63) is 68.7 Å². The van der Waals surface area contributed by atoms with Crippen LogP contribution in [0, 0.1) is 13.8 Å². The molecule has 0 spiro atoms. The highest BCUT2D eigenvalue weighted by Gasteiger charge is 2.13. The van der Waals surface area contributed by atoms with Crippen molar-refractivity contribution in [1.29, 1.82) is 0 Å². The Bertz CT molecular complexity index is 573. The van der Waals surface area contributed by atoms with Crippen LogP contribution in [-0.4, -0.2) is 0 Å². The minimum Gasteiger partial charge on any atom is -0.324 e. The van der Waals surface area contributed by atoms with Crippen LogP contribution >= 0.6 is 23.2 Å². The summed E-state index contributed by atoms with van der Waals surface area (Å²) in [7, 11) is 0. The third-order valence-electron chi connectivity index (χ3n) is 3.43. The minimum absolute atomic E-state index is 0.121. The molecule has 0 fully saturated rings. The van der Waals surface area contributed by atoms with E-state index < -0.39 is 0 Å². The van der Waals surface area contributed by atoms with Gasteiger partial charge in [-0.3, -0.25) is 0 Å². The molecule has 3 heteroatoms. The topological polar surface area (TPSA) is 26.0 Å². The summed E-state index contributed by atoms with van der Waals surface area (Å²) in [4.78, 5) is 0. The second-order valence-electron chi connectivity index (χ2n) is 4.85. The van der Waals surface area contributed by atoms with Gasteiger partial charge in [-0.25, -0.2) is 0 Å². The van der Waals surface area contributed by atoms with E-state index in [1.807, 2.05) is 12.1 Å². The zero-order valence-corrected chi connectivity index (χ0v) is 12.6. The molecule has 100 valence electrons. The molecular weight excluding hydrogens is 277 g/mol. The van der Waals surface area contributed by atoms with Crippen LogP contribution in [0.25, 0.3) is 0 Å². The Balaban J connectivity index is 2.28. The summed E-state index contributed by atoms with van der Waals surface area (Å²) < 4.78 is 0. The monoisotopic (exact) mass is 293 g/mol. The molecule has 2 aromatic rings. The van der Waals surface area contributed by atoms with Crippen LogP contribution in [-0.2, 0) is 6.42 Å². The first kappa shape index (κ1) is 14.4. The molecule has 0 aliphatic carbocycles. The zero-order valence-electron chi connectivity index (χ0n) is 11.1. The molecule has 0 radical (unpaired) electrons. The van der Waals surface area contributed by atoms with Gasteiger partial charge in [0.1, 0.15) is 0 Å². The summed E-state index contributed by atoms with van der Waals surface area (Å²) in [6.07, 6.45) is 0.778. The van der Waals surface area contributed by atoms with Gasteiger partial charge in [0.05, 0.1) is 0 Å². The molecule has 0 bridgehead atoms. The number of halogens is 2. The van der Waals surface area contributed by atoms with Gasteiger partial charge in [0.2, 0.25) is 0 Å². The first-order valence-corrected chi connectivity index (χ1v) is 7.00. The maximum absolute atomic E-state index is 6.29. The number of hydrogen-bond donors (Lipinski definition) is 1. The van der Waals surface area contributed by atoms with E-state index in [4.69, 9.17) is 28.9 Å². The standard InChI is InChI=1S/C16H17Cl2N/c1-10-4-3-5-11(2)14(10)9-16(19)13-7-6-12(17)8-15(13)18/h3-8,16H,9,19H2,1-2H3. The molecule has 0 saturated carbocycles. The summed E-state index contributed by atoms with van der Waals surface area (Å²) >= 11 is 12.1. The van der Waals surface area contributed by atoms with Gasteiger partial charge in [0, 0.05) is 16.1 Å². The van der Waals surface area contributed by atoms with E-state index in [-0.39, 0.29) is 6.04 Å². The molecule has 1 nitrogen and oxygen atoms in total. The maximum Gasteiger partial charge on any atom is 0.0468 e. The van der Waals surface area contributed by atoms with Crippen LogP contribution in [0.4, 0.5) is 0 Å². The molecule has 2 rings (SSSR count). The van der Waals surface area contributed by atoms with Gasteiger partial charge < -0.3 is 5.73 Å². The summed E-state index contributed by atoms with van der Waals surface area (Å²) in [5.41, 5.74) is 11.0. The average molecular weight is 294 g/mol. The van der Waals surface area contributed by atoms with Crippen molar-refractivity contribution in [3.63, 3.8) is 0 Å². The van der Waals surface area contributed by atoms with Gasteiger partial charge in [-0.05, 0) is 54.7 Å². The van der Waals surface area contributed by atoms with Crippen molar-refractivity contribution in [2.24, 2.45) is 5.73 Å². The SMILES string of the molecule is Cc1cccc(C)c1CC(N)c1ccc(Cl)cc1Cl. The Morgan fingerprint density at radius 2 is 1.68 bits per heavy atom. The van der Waals surface area contributed by atoms with Crippen molar-refractivity contribution >= 4 is 23.2 Å². The van der Waals surface area contributed by atoms with Gasteiger partial charge in [0.25, 0.3) is 0 Å². The van der Waals surface area contributed by atoms with E-state index >= 15 is 0 Å². The Morgan fingerprint density at radius 3 is 2.26 bits per heavy atom. The molecule has 0 aromatic heterocycles. The van der Waals surface area contributed by atoms with E-state index in [0.717, 1.165) is 12.0 Å². The van der Waals surface area contributed by atoms with E-state index in [0.29, 0.717) is 10.0 Å². The van der Waals surface area contributed by atoms with Crippen molar-refractivity contribution < 1.29 is 0 Å². The smallest absolute Gasteiger partial charge is 0.0468 e. The molecule has 0 saturated heterocycles. The molecule has 0 heterocycles. The number of benzene rings is 2. The Kier molecular flexibility index (Phi) is 4.51. The highest BCUT2D eigenvalue weighted by Crippen LogP contribution is 2.28.